The van der Waals surface area contributed by atoms with Crippen LogP contribution >= 0.6 is 0 Å². The Hall–Kier alpha value is -2.82. The van der Waals surface area contributed by atoms with E-state index in [1.54, 1.807) is 7.11 Å². The van der Waals surface area contributed by atoms with Gasteiger partial charge in [-0.25, -0.2) is 0 Å². The van der Waals surface area contributed by atoms with Gasteiger partial charge in [0, 0.05) is 12.2 Å². The van der Waals surface area contributed by atoms with Crippen LogP contribution in [0.1, 0.15) is 43.4 Å². The molecule has 0 heterocycles. The van der Waals surface area contributed by atoms with Crippen LogP contribution in [0.25, 0.3) is 0 Å². The largest absolute Gasteiger partial charge is 0.496 e. The Morgan fingerprint density at radius 2 is 1.55 bits per heavy atom. The molecule has 29 heavy (non-hydrogen) atoms. The summed E-state index contributed by atoms with van der Waals surface area (Å²) in [7, 11) is 1.64. The van der Waals surface area contributed by atoms with Gasteiger partial charge in [-0.3, -0.25) is 9.59 Å². The summed E-state index contributed by atoms with van der Waals surface area (Å²) in [6.07, 6.45) is 3.51. The highest BCUT2D eigenvalue weighted by Crippen LogP contribution is 2.47. The van der Waals surface area contributed by atoms with Crippen molar-refractivity contribution in [3.05, 3.63) is 59.2 Å². The summed E-state index contributed by atoms with van der Waals surface area (Å²) in [6, 6.07) is 13.8. The number of nitrogens with one attached hydrogen (secondary N) is 2. The number of rotatable bonds is 9. The lowest BCUT2D eigenvalue weighted by Gasteiger charge is -2.19. The van der Waals surface area contributed by atoms with Crippen molar-refractivity contribution in [2.75, 3.05) is 19.0 Å². The van der Waals surface area contributed by atoms with Crippen molar-refractivity contribution < 1.29 is 14.3 Å². The Kier molecular flexibility index (Phi) is 6.57. The van der Waals surface area contributed by atoms with E-state index < -0.39 is 5.41 Å². The molecular formula is C24H30N2O3. The molecule has 154 valence electrons. The zero-order chi connectivity index (χ0) is 20.9. The molecule has 2 aromatic rings. The van der Waals surface area contributed by atoms with E-state index in [2.05, 4.69) is 24.5 Å². The minimum Gasteiger partial charge on any atom is -0.496 e. The molecule has 0 spiro atoms. The van der Waals surface area contributed by atoms with E-state index in [1.165, 1.54) is 0 Å². The summed E-state index contributed by atoms with van der Waals surface area (Å²) < 4.78 is 5.35. The summed E-state index contributed by atoms with van der Waals surface area (Å²) in [5.41, 5.74) is 3.17. The van der Waals surface area contributed by atoms with E-state index in [4.69, 9.17) is 4.74 Å². The molecule has 2 amide bonds. The molecule has 1 saturated carbocycles. The van der Waals surface area contributed by atoms with Crippen LogP contribution in [0.4, 0.5) is 5.69 Å². The Balaban J connectivity index is 1.64. The van der Waals surface area contributed by atoms with Gasteiger partial charge in [-0.1, -0.05) is 50.2 Å². The molecule has 1 aliphatic carbocycles. The molecule has 5 heteroatoms. The average molecular weight is 395 g/mol. The van der Waals surface area contributed by atoms with Gasteiger partial charge in [-0.2, -0.15) is 0 Å². The first-order valence-corrected chi connectivity index (χ1v) is 10.4. The lowest BCUT2D eigenvalue weighted by molar-refractivity contribution is -0.134. The fourth-order valence-electron chi connectivity index (χ4n) is 3.71. The molecule has 2 N–H and O–H groups in total. The van der Waals surface area contributed by atoms with Gasteiger partial charge in [-0.05, 0) is 54.9 Å². The van der Waals surface area contributed by atoms with Crippen molar-refractivity contribution >= 4 is 17.5 Å². The normalized spacial score (nSPS) is 14.2. The highest BCUT2D eigenvalue weighted by molar-refractivity contribution is 6.13. The molecule has 0 unspecified atom stereocenters. The Morgan fingerprint density at radius 3 is 2.14 bits per heavy atom. The molecule has 0 saturated heterocycles. The van der Waals surface area contributed by atoms with E-state index >= 15 is 0 Å². The van der Waals surface area contributed by atoms with Crippen molar-refractivity contribution in [3.8, 4) is 5.75 Å². The first kappa shape index (κ1) is 20.9. The topological polar surface area (TPSA) is 67.4 Å². The van der Waals surface area contributed by atoms with Gasteiger partial charge in [0.2, 0.25) is 11.8 Å². The second-order valence-corrected chi connectivity index (χ2v) is 7.51. The maximum Gasteiger partial charge on any atom is 0.240 e. The summed E-state index contributed by atoms with van der Waals surface area (Å²) >= 11 is 0. The van der Waals surface area contributed by atoms with Crippen LogP contribution < -0.4 is 15.4 Å². The van der Waals surface area contributed by atoms with Crippen molar-refractivity contribution in [1.82, 2.24) is 5.32 Å². The van der Waals surface area contributed by atoms with E-state index in [9.17, 15) is 9.59 Å². The second-order valence-electron chi connectivity index (χ2n) is 7.51. The van der Waals surface area contributed by atoms with E-state index in [1.807, 2.05) is 42.5 Å². The number of carbonyl (C=O) groups is 2. The van der Waals surface area contributed by atoms with Crippen LogP contribution in [-0.2, 0) is 28.9 Å². The van der Waals surface area contributed by atoms with Gasteiger partial charge in [0.15, 0.2) is 0 Å². The number of anilines is 1. The van der Waals surface area contributed by atoms with Crippen LogP contribution in [0.15, 0.2) is 42.5 Å². The summed E-state index contributed by atoms with van der Waals surface area (Å²) in [5, 5.41) is 6.03. The molecule has 5 nitrogen and oxygen atoms in total. The van der Waals surface area contributed by atoms with Gasteiger partial charge in [0.25, 0.3) is 0 Å². The number of benzene rings is 2. The summed E-state index contributed by atoms with van der Waals surface area (Å²) in [5.74, 6) is 0.434. The molecule has 0 aliphatic heterocycles. The first-order valence-electron chi connectivity index (χ1n) is 10.4. The number of methoxy groups -OCH3 is 1. The fraction of sp³-hybridized carbons (Fsp3) is 0.417. The minimum atomic E-state index is -0.938. The van der Waals surface area contributed by atoms with Crippen LogP contribution in [0.5, 0.6) is 5.75 Å². The smallest absolute Gasteiger partial charge is 0.240 e. The second kappa shape index (κ2) is 9.12. The molecule has 0 bridgehead atoms. The van der Waals surface area contributed by atoms with Crippen molar-refractivity contribution in [3.63, 3.8) is 0 Å². The van der Waals surface area contributed by atoms with Gasteiger partial charge in [0.1, 0.15) is 11.2 Å². The number of ether oxygens (including phenoxy) is 1. The number of carbonyl (C=O) groups excluding carboxylic acids is 2. The lowest BCUT2D eigenvalue weighted by Crippen LogP contribution is -2.41. The zero-order valence-electron chi connectivity index (χ0n) is 17.5. The number of amides is 2. The lowest BCUT2D eigenvalue weighted by atomic mass is 10.0. The van der Waals surface area contributed by atoms with Crippen LogP contribution in [0.2, 0.25) is 0 Å². The Labute approximate surface area is 172 Å². The predicted molar refractivity (Wildman–Crippen MR) is 115 cm³/mol. The van der Waals surface area contributed by atoms with E-state index in [0.717, 1.165) is 41.0 Å². The molecule has 0 aromatic heterocycles. The molecule has 1 aliphatic rings. The zero-order valence-corrected chi connectivity index (χ0v) is 17.5. The van der Waals surface area contributed by atoms with Crippen LogP contribution in [0.3, 0.4) is 0 Å². The van der Waals surface area contributed by atoms with Crippen molar-refractivity contribution in [2.24, 2.45) is 5.41 Å². The number of aryl methyl sites for hydroxylation is 2. The maximum absolute atomic E-state index is 13.0. The van der Waals surface area contributed by atoms with Crippen molar-refractivity contribution in [2.45, 2.75) is 46.0 Å². The maximum atomic E-state index is 13.0. The molecule has 0 atom stereocenters. The van der Waals surface area contributed by atoms with Crippen molar-refractivity contribution in [1.29, 1.82) is 0 Å². The Bertz CT molecular complexity index is 865. The van der Waals surface area contributed by atoms with Gasteiger partial charge >= 0.3 is 0 Å². The van der Waals surface area contributed by atoms with Crippen LogP contribution in [0, 0.1) is 5.41 Å². The molecule has 1 fully saturated rings. The SMILES string of the molecule is CCc1cccc(CC)c1NC(=O)C1(C(=O)NCCc2ccccc2OC)CC1. The van der Waals surface area contributed by atoms with Gasteiger partial charge in [0.05, 0.1) is 7.11 Å². The average Bonchev–Trinajstić information content (AvgIpc) is 3.56. The summed E-state index contributed by atoms with van der Waals surface area (Å²) in [6.45, 7) is 4.61. The number of para-hydroxylation sites is 2. The quantitative estimate of drug-likeness (QED) is 0.634. The highest BCUT2D eigenvalue weighted by atomic mass is 16.5. The third-order valence-electron chi connectivity index (χ3n) is 5.73. The third-order valence-corrected chi connectivity index (χ3v) is 5.73. The fourth-order valence-corrected chi connectivity index (χ4v) is 3.71. The molecule has 0 radical (unpaired) electrons. The number of hydrogen-bond acceptors (Lipinski definition) is 3. The van der Waals surface area contributed by atoms with Gasteiger partial charge in [-0.15, -0.1) is 0 Å². The highest BCUT2D eigenvalue weighted by Gasteiger charge is 2.56. The molecular weight excluding hydrogens is 364 g/mol. The molecule has 2 aromatic carbocycles. The Morgan fingerprint density at radius 1 is 0.931 bits per heavy atom. The van der Waals surface area contributed by atoms with E-state index in [0.29, 0.717) is 25.8 Å². The standard InChI is InChI=1S/C24H30N2O3/c1-4-17-10-8-11-18(5-2)21(17)26-23(28)24(14-15-24)22(27)25-16-13-19-9-6-7-12-20(19)29-3/h6-12H,4-5,13-16H2,1-3H3,(H,25,27)(H,26,28). The molecule has 3 rings (SSSR count). The number of hydrogen-bond donors (Lipinski definition) is 2. The monoisotopic (exact) mass is 394 g/mol. The minimum absolute atomic E-state index is 0.183. The summed E-state index contributed by atoms with van der Waals surface area (Å²) in [4.78, 5) is 25.8. The van der Waals surface area contributed by atoms with Crippen LogP contribution in [-0.4, -0.2) is 25.5 Å². The van der Waals surface area contributed by atoms with Gasteiger partial charge < -0.3 is 15.4 Å². The van der Waals surface area contributed by atoms with E-state index in [-0.39, 0.29) is 11.8 Å². The third kappa shape index (κ3) is 4.44. The first-order chi connectivity index (χ1) is 14.1. The predicted octanol–water partition coefficient (Wildman–Crippen LogP) is 3.90.